The van der Waals surface area contributed by atoms with Crippen LogP contribution in [0.1, 0.15) is 38.3 Å². The lowest BCUT2D eigenvalue weighted by Gasteiger charge is -2.49. The van der Waals surface area contributed by atoms with E-state index in [1.54, 1.807) is 0 Å². The molecule has 114 valence electrons. The van der Waals surface area contributed by atoms with Gasteiger partial charge in [0.15, 0.2) is 0 Å². The fourth-order valence-electron chi connectivity index (χ4n) is 3.82. The average molecular weight is 350 g/mol. The third-order valence-corrected chi connectivity index (χ3v) is 6.12. The van der Waals surface area contributed by atoms with Crippen LogP contribution in [-0.2, 0) is 6.54 Å². The zero-order chi connectivity index (χ0) is 14.4. The van der Waals surface area contributed by atoms with Crippen molar-refractivity contribution in [2.24, 2.45) is 11.8 Å². The van der Waals surface area contributed by atoms with E-state index in [1.807, 2.05) is 6.20 Å². The summed E-state index contributed by atoms with van der Waals surface area (Å²) >= 11 is 3.48. The Morgan fingerprint density at radius 1 is 1.33 bits per heavy atom. The van der Waals surface area contributed by atoms with Crippen LogP contribution in [0.4, 0.5) is 0 Å². The van der Waals surface area contributed by atoms with Gasteiger partial charge in [-0.25, -0.2) is 0 Å². The minimum atomic E-state index is 0.320. The van der Waals surface area contributed by atoms with Crippen LogP contribution in [0, 0.1) is 11.8 Å². The van der Waals surface area contributed by atoms with Gasteiger partial charge in [-0.3, -0.25) is 9.88 Å². The van der Waals surface area contributed by atoms with Crippen LogP contribution in [-0.4, -0.2) is 34.6 Å². The molecule has 2 unspecified atom stereocenters. The van der Waals surface area contributed by atoms with Crippen molar-refractivity contribution in [3.05, 3.63) is 28.5 Å². The average Bonchev–Trinajstić information content (AvgIpc) is 3.36. The van der Waals surface area contributed by atoms with Crippen LogP contribution in [0.5, 0.6) is 0 Å². The number of aromatic nitrogens is 1. The van der Waals surface area contributed by atoms with Crippen molar-refractivity contribution in [2.45, 2.75) is 50.7 Å². The second-order valence-corrected chi connectivity index (χ2v) is 8.22. The van der Waals surface area contributed by atoms with Crippen molar-refractivity contribution in [1.29, 1.82) is 0 Å². The summed E-state index contributed by atoms with van der Waals surface area (Å²) in [6.45, 7) is 5.79. The molecule has 1 aromatic heterocycles. The first-order chi connectivity index (χ1) is 10.1. The van der Waals surface area contributed by atoms with E-state index in [0.29, 0.717) is 11.6 Å². The van der Waals surface area contributed by atoms with Crippen LogP contribution in [0.2, 0.25) is 0 Å². The van der Waals surface area contributed by atoms with E-state index in [1.165, 1.54) is 37.9 Å². The number of nitrogens with zero attached hydrogens (tertiary/aromatic N) is 2. The van der Waals surface area contributed by atoms with E-state index in [4.69, 9.17) is 0 Å². The predicted molar refractivity (Wildman–Crippen MR) is 88.0 cm³/mol. The maximum Gasteiger partial charge on any atom is 0.0545 e. The summed E-state index contributed by atoms with van der Waals surface area (Å²) in [5, 5.41) is 3.85. The van der Waals surface area contributed by atoms with Crippen LogP contribution < -0.4 is 5.32 Å². The molecule has 3 aliphatic rings. The Balaban J connectivity index is 1.53. The van der Waals surface area contributed by atoms with Gasteiger partial charge in [0.2, 0.25) is 0 Å². The summed E-state index contributed by atoms with van der Waals surface area (Å²) in [4.78, 5) is 7.32. The highest BCUT2D eigenvalue weighted by Crippen LogP contribution is 2.46. The molecule has 21 heavy (non-hydrogen) atoms. The van der Waals surface area contributed by atoms with Crippen LogP contribution >= 0.6 is 15.9 Å². The van der Waals surface area contributed by atoms with E-state index in [-0.39, 0.29) is 0 Å². The van der Waals surface area contributed by atoms with Gasteiger partial charge in [-0.15, -0.1) is 0 Å². The molecule has 2 atom stereocenters. The minimum Gasteiger partial charge on any atom is -0.311 e. The van der Waals surface area contributed by atoms with Crippen molar-refractivity contribution < 1.29 is 0 Å². The fourth-order valence-corrected chi connectivity index (χ4v) is 4.06. The van der Waals surface area contributed by atoms with Crippen molar-refractivity contribution in [3.8, 4) is 0 Å². The molecule has 2 heterocycles. The number of rotatable bonds is 4. The summed E-state index contributed by atoms with van der Waals surface area (Å²) in [6, 6.07) is 4.97. The molecule has 1 aliphatic heterocycles. The van der Waals surface area contributed by atoms with Crippen LogP contribution in [0.3, 0.4) is 0 Å². The van der Waals surface area contributed by atoms with Gasteiger partial charge < -0.3 is 5.32 Å². The maximum absolute atomic E-state index is 4.59. The predicted octanol–water partition coefficient (Wildman–Crippen LogP) is 3.20. The first-order valence-corrected chi connectivity index (χ1v) is 9.03. The van der Waals surface area contributed by atoms with Crippen molar-refractivity contribution >= 4 is 15.9 Å². The van der Waals surface area contributed by atoms with Crippen molar-refractivity contribution in [1.82, 2.24) is 15.2 Å². The quantitative estimate of drug-likeness (QED) is 0.904. The standard InChI is InChI=1S/C17H24BrN3/c1-17(13-4-5-13)11-20-16(12-2-3-12)10-21(17)9-15-7-6-14(18)8-19-15/h6-8,12-13,16,20H,2-5,9-11H2,1H3. The number of piperazine rings is 1. The van der Waals surface area contributed by atoms with Crippen molar-refractivity contribution in [2.75, 3.05) is 13.1 Å². The van der Waals surface area contributed by atoms with E-state index in [0.717, 1.165) is 29.4 Å². The Morgan fingerprint density at radius 3 is 2.76 bits per heavy atom. The van der Waals surface area contributed by atoms with Gasteiger partial charge in [0.25, 0.3) is 0 Å². The Kier molecular flexibility index (Phi) is 3.59. The van der Waals surface area contributed by atoms with Crippen LogP contribution in [0.15, 0.2) is 22.8 Å². The normalized spacial score (nSPS) is 34.1. The molecule has 1 aromatic rings. The summed E-state index contributed by atoms with van der Waals surface area (Å²) in [5.41, 5.74) is 1.52. The number of halogens is 1. The molecule has 0 amide bonds. The lowest BCUT2D eigenvalue weighted by molar-refractivity contribution is 0.0225. The molecule has 3 fully saturated rings. The zero-order valence-corrected chi connectivity index (χ0v) is 14.3. The van der Waals surface area contributed by atoms with Gasteiger partial charge in [-0.05, 0) is 72.5 Å². The molecule has 1 N–H and O–H groups in total. The maximum atomic E-state index is 4.59. The molecule has 0 spiro atoms. The van der Waals surface area contributed by atoms with Gasteiger partial charge in [-0.2, -0.15) is 0 Å². The smallest absolute Gasteiger partial charge is 0.0545 e. The second kappa shape index (κ2) is 5.32. The molecule has 2 aliphatic carbocycles. The Bertz CT molecular complexity index is 509. The molecule has 2 saturated carbocycles. The Hall–Kier alpha value is -0.450. The summed E-state index contributed by atoms with van der Waals surface area (Å²) in [5.74, 6) is 1.80. The molecule has 4 heteroatoms. The lowest BCUT2D eigenvalue weighted by Crippen LogP contribution is -2.64. The first kappa shape index (κ1) is 14.2. The van der Waals surface area contributed by atoms with Gasteiger partial charge in [0.1, 0.15) is 0 Å². The molecule has 3 nitrogen and oxygen atoms in total. The molecule has 0 radical (unpaired) electrons. The molecular formula is C17H24BrN3. The highest BCUT2D eigenvalue weighted by molar-refractivity contribution is 9.10. The van der Waals surface area contributed by atoms with E-state index in [9.17, 15) is 0 Å². The summed E-state index contributed by atoms with van der Waals surface area (Å²) in [7, 11) is 0. The third kappa shape index (κ3) is 2.90. The number of hydrogen-bond acceptors (Lipinski definition) is 3. The molecule has 0 aromatic carbocycles. The third-order valence-electron chi connectivity index (χ3n) is 5.65. The molecule has 4 rings (SSSR count). The van der Waals surface area contributed by atoms with Crippen LogP contribution in [0.25, 0.3) is 0 Å². The highest BCUT2D eigenvalue weighted by Gasteiger charge is 2.50. The van der Waals surface area contributed by atoms with E-state index < -0.39 is 0 Å². The first-order valence-electron chi connectivity index (χ1n) is 8.24. The van der Waals surface area contributed by atoms with Gasteiger partial charge in [0, 0.05) is 41.9 Å². The molecule has 0 bridgehead atoms. The molecular weight excluding hydrogens is 326 g/mol. The number of hydrogen-bond donors (Lipinski definition) is 1. The largest absolute Gasteiger partial charge is 0.311 e. The van der Waals surface area contributed by atoms with E-state index in [2.05, 4.69) is 50.2 Å². The Labute approximate surface area is 135 Å². The number of nitrogens with one attached hydrogen (secondary N) is 1. The zero-order valence-electron chi connectivity index (χ0n) is 12.7. The fraction of sp³-hybridized carbons (Fsp3) is 0.706. The van der Waals surface area contributed by atoms with Gasteiger partial charge in [-0.1, -0.05) is 0 Å². The SMILES string of the molecule is CC1(C2CC2)CNC(C2CC2)CN1Cc1ccc(Br)cn1. The number of pyridine rings is 1. The lowest BCUT2D eigenvalue weighted by atomic mass is 9.88. The highest BCUT2D eigenvalue weighted by atomic mass is 79.9. The second-order valence-electron chi connectivity index (χ2n) is 7.30. The van der Waals surface area contributed by atoms with Gasteiger partial charge in [0.05, 0.1) is 5.69 Å². The summed E-state index contributed by atoms with van der Waals surface area (Å²) < 4.78 is 1.06. The topological polar surface area (TPSA) is 28.2 Å². The molecule has 1 saturated heterocycles. The monoisotopic (exact) mass is 349 g/mol. The Morgan fingerprint density at radius 2 is 2.14 bits per heavy atom. The van der Waals surface area contributed by atoms with Crippen molar-refractivity contribution in [3.63, 3.8) is 0 Å². The minimum absolute atomic E-state index is 0.320. The van der Waals surface area contributed by atoms with E-state index >= 15 is 0 Å². The summed E-state index contributed by atoms with van der Waals surface area (Å²) in [6.07, 6.45) is 7.56. The van der Waals surface area contributed by atoms with Gasteiger partial charge >= 0.3 is 0 Å².